The number of amides is 1. The molecule has 1 amide bonds. The number of aryl methyl sites for hydroxylation is 1. The smallest absolute Gasteiger partial charge is 0.272 e. The minimum absolute atomic E-state index is 0.0208. The van der Waals surface area contributed by atoms with Gasteiger partial charge in [0.2, 0.25) is 4.96 Å². The number of thiazole rings is 1. The summed E-state index contributed by atoms with van der Waals surface area (Å²) in [6, 6.07) is 10.4. The number of hydrogen-bond acceptors (Lipinski definition) is 6. The standard InChI is InChI=1S/C20H16FN5O3S/c1-12-9-14(5-6-17(12)26(28)29)19(27)22-8-7-16-11-30-20-23-18(24-25(16)20)13-3-2-4-15(21)10-13/h2-6,9-11H,7-8H2,1H3,(H,22,27). The molecule has 0 aliphatic carbocycles. The number of hydrogen-bond donors (Lipinski definition) is 1. The summed E-state index contributed by atoms with van der Waals surface area (Å²) in [7, 11) is 0. The number of rotatable bonds is 6. The van der Waals surface area contributed by atoms with Crippen LogP contribution in [0.3, 0.4) is 0 Å². The molecule has 0 saturated carbocycles. The van der Waals surface area contributed by atoms with Crippen LogP contribution in [0.15, 0.2) is 47.8 Å². The zero-order valence-corrected chi connectivity index (χ0v) is 16.6. The second-order valence-corrected chi connectivity index (χ2v) is 7.47. The Morgan fingerprint density at radius 1 is 1.30 bits per heavy atom. The average Bonchev–Trinajstić information content (AvgIpc) is 3.29. The molecule has 0 bridgehead atoms. The van der Waals surface area contributed by atoms with Crippen molar-refractivity contribution in [3.63, 3.8) is 0 Å². The van der Waals surface area contributed by atoms with Gasteiger partial charge in [0.25, 0.3) is 11.6 Å². The summed E-state index contributed by atoms with van der Waals surface area (Å²) in [5.41, 5.74) is 2.24. The Morgan fingerprint density at radius 3 is 2.87 bits per heavy atom. The van der Waals surface area contributed by atoms with E-state index in [4.69, 9.17) is 0 Å². The number of nitrogens with one attached hydrogen (secondary N) is 1. The van der Waals surface area contributed by atoms with Crippen LogP contribution in [0.1, 0.15) is 21.6 Å². The van der Waals surface area contributed by atoms with Crippen molar-refractivity contribution in [3.05, 3.63) is 80.6 Å². The summed E-state index contributed by atoms with van der Waals surface area (Å²) in [4.78, 5) is 27.9. The van der Waals surface area contributed by atoms with Gasteiger partial charge in [0.1, 0.15) is 5.82 Å². The highest BCUT2D eigenvalue weighted by Gasteiger charge is 2.15. The Hall–Kier alpha value is -3.66. The SMILES string of the molecule is Cc1cc(C(=O)NCCc2csc3nc(-c4cccc(F)c4)nn23)ccc1[N+](=O)[O-]. The summed E-state index contributed by atoms with van der Waals surface area (Å²) in [5.74, 6) is -0.221. The van der Waals surface area contributed by atoms with E-state index >= 15 is 0 Å². The Morgan fingerprint density at radius 2 is 2.13 bits per heavy atom. The molecule has 1 N–H and O–H groups in total. The molecule has 2 heterocycles. The van der Waals surface area contributed by atoms with Gasteiger partial charge in [-0.05, 0) is 31.2 Å². The molecule has 0 aliphatic rings. The van der Waals surface area contributed by atoms with Crippen molar-refractivity contribution in [3.8, 4) is 11.4 Å². The van der Waals surface area contributed by atoms with E-state index in [1.165, 1.54) is 41.7 Å². The van der Waals surface area contributed by atoms with Crippen LogP contribution in [0.2, 0.25) is 0 Å². The second-order valence-electron chi connectivity index (χ2n) is 6.63. The van der Waals surface area contributed by atoms with Crippen LogP contribution in [0.4, 0.5) is 10.1 Å². The van der Waals surface area contributed by atoms with Crippen LogP contribution < -0.4 is 5.32 Å². The molecule has 0 spiro atoms. The fraction of sp³-hybridized carbons (Fsp3) is 0.150. The van der Waals surface area contributed by atoms with Crippen LogP contribution in [0, 0.1) is 22.9 Å². The molecule has 30 heavy (non-hydrogen) atoms. The lowest BCUT2D eigenvalue weighted by atomic mass is 10.1. The first-order valence-corrected chi connectivity index (χ1v) is 9.92. The first-order valence-electron chi connectivity index (χ1n) is 9.04. The van der Waals surface area contributed by atoms with Gasteiger partial charge in [-0.3, -0.25) is 14.9 Å². The normalized spacial score (nSPS) is 11.0. The molecule has 152 valence electrons. The van der Waals surface area contributed by atoms with Gasteiger partial charge in [-0.15, -0.1) is 16.4 Å². The third-order valence-corrected chi connectivity index (χ3v) is 5.42. The number of carbonyl (C=O) groups excluding carboxylic acids is 1. The third kappa shape index (κ3) is 3.90. The Labute approximate surface area is 174 Å². The molecule has 0 radical (unpaired) electrons. The molecule has 4 aromatic rings. The van der Waals surface area contributed by atoms with Crippen LogP contribution in [0.25, 0.3) is 16.3 Å². The molecule has 0 saturated heterocycles. The predicted octanol–water partition coefficient (Wildman–Crippen LogP) is 3.79. The molecule has 0 fully saturated rings. The second kappa shape index (κ2) is 7.99. The van der Waals surface area contributed by atoms with E-state index in [2.05, 4.69) is 15.4 Å². The molecule has 0 atom stereocenters. The van der Waals surface area contributed by atoms with Gasteiger partial charge in [0, 0.05) is 41.1 Å². The van der Waals surface area contributed by atoms with Crippen molar-refractivity contribution < 1.29 is 14.1 Å². The van der Waals surface area contributed by atoms with Gasteiger partial charge in [0.05, 0.1) is 10.6 Å². The quantitative estimate of drug-likeness (QED) is 0.374. The number of carbonyl (C=O) groups is 1. The van der Waals surface area contributed by atoms with Gasteiger partial charge in [-0.2, -0.15) is 4.98 Å². The lowest BCUT2D eigenvalue weighted by Gasteiger charge is -2.06. The van der Waals surface area contributed by atoms with Crippen molar-refractivity contribution in [1.82, 2.24) is 19.9 Å². The molecular formula is C20H16FN5O3S. The Kier molecular flexibility index (Phi) is 5.23. The van der Waals surface area contributed by atoms with E-state index in [0.717, 1.165) is 5.69 Å². The predicted molar refractivity (Wildman–Crippen MR) is 110 cm³/mol. The number of nitro benzene ring substituents is 1. The number of benzene rings is 2. The van der Waals surface area contributed by atoms with Crippen molar-refractivity contribution in [2.45, 2.75) is 13.3 Å². The first-order chi connectivity index (χ1) is 14.4. The Balaban J connectivity index is 1.43. The highest BCUT2D eigenvalue weighted by atomic mass is 32.1. The van der Waals surface area contributed by atoms with Gasteiger partial charge < -0.3 is 5.32 Å². The lowest BCUT2D eigenvalue weighted by molar-refractivity contribution is -0.385. The maximum absolute atomic E-state index is 13.4. The molecule has 0 unspecified atom stereocenters. The van der Waals surface area contributed by atoms with E-state index in [0.29, 0.717) is 40.4 Å². The van der Waals surface area contributed by atoms with Crippen LogP contribution in [0.5, 0.6) is 0 Å². The van der Waals surface area contributed by atoms with Gasteiger partial charge in [0.15, 0.2) is 5.82 Å². The van der Waals surface area contributed by atoms with Crippen molar-refractivity contribution in [2.75, 3.05) is 6.54 Å². The monoisotopic (exact) mass is 425 g/mol. The number of nitro groups is 1. The molecule has 8 nitrogen and oxygen atoms in total. The number of aromatic nitrogens is 3. The summed E-state index contributed by atoms with van der Waals surface area (Å²) < 4.78 is 15.1. The maximum atomic E-state index is 13.4. The molecule has 2 aromatic carbocycles. The molecule has 0 aliphatic heterocycles. The lowest BCUT2D eigenvalue weighted by Crippen LogP contribution is -2.26. The topological polar surface area (TPSA) is 102 Å². The number of halogens is 1. The average molecular weight is 425 g/mol. The minimum atomic E-state index is -0.477. The highest BCUT2D eigenvalue weighted by Crippen LogP contribution is 2.22. The highest BCUT2D eigenvalue weighted by molar-refractivity contribution is 7.15. The summed E-state index contributed by atoms with van der Waals surface area (Å²) in [6.07, 6.45) is 0.518. The number of fused-ring (bicyclic) bond motifs is 1. The zero-order chi connectivity index (χ0) is 21.3. The molecule has 2 aromatic heterocycles. The summed E-state index contributed by atoms with van der Waals surface area (Å²) in [5, 5.41) is 20.1. The van der Waals surface area contributed by atoms with Crippen LogP contribution >= 0.6 is 11.3 Å². The first kappa shape index (κ1) is 19.6. The minimum Gasteiger partial charge on any atom is -0.352 e. The van der Waals surface area contributed by atoms with E-state index in [1.807, 2.05) is 5.38 Å². The van der Waals surface area contributed by atoms with Gasteiger partial charge >= 0.3 is 0 Å². The van der Waals surface area contributed by atoms with Crippen LogP contribution in [-0.4, -0.2) is 32.0 Å². The largest absolute Gasteiger partial charge is 0.352 e. The Bertz CT molecular complexity index is 1270. The third-order valence-electron chi connectivity index (χ3n) is 4.56. The van der Waals surface area contributed by atoms with E-state index in [-0.39, 0.29) is 17.4 Å². The van der Waals surface area contributed by atoms with Gasteiger partial charge in [-0.25, -0.2) is 8.91 Å². The maximum Gasteiger partial charge on any atom is 0.272 e. The fourth-order valence-electron chi connectivity index (χ4n) is 3.05. The number of nitrogens with zero attached hydrogens (tertiary/aromatic N) is 4. The van der Waals surface area contributed by atoms with Gasteiger partial charge in [-0.1, -0.05) is 12.1 Å². The summed E-state index contributed by atoms with van der Waals surface area (Å²) >= 11 is 1.41. The van der Waals surface area contributed by atoms with E-state index in [1.54, 1.807) is 23.6 Å². The van der Waals surface area contributed by atoms with E-state index in [9.17, 15) is 19.3 Å². The van der Waals surface area contributed by atoms with E-state index < -0.39 is 4.92 Å². The van der Waals surface area contributed by atoms with Crippen molar-refractivity contribution in [1.29, 1.82) is 0 Å². The van der Waals surface area contributed by atoms with Crippen LogP contribution in [-0.2, 0) is 6.42 Å². The summed E-state index contributed by atoms with van der Waals surface area (Å²) in [6.45, 7) is 1.95. The molecular weight excluding hydrogens is 409 g/mol. The van der Waals surface area contributed by atoms with Crippen molar-refractivity contribution >= 4 is 27.9 Å². The molecule has 4 rings (SSSR count). The fourth-order valence-corrected chi connectivity index (χ4v) is 3.91. The molecule has 10 heteroatoms. The van der Waals surface area contributed by atoms with Crippen molar-refractivity contribution in [2.24, 2.45) is 0 Å². The zero-order valence-electron chi connectivity index (χ0n) is 15.8.